The molecule has 4 nitrogen and oxygen atoms in total. The smallest absolute Gasteiger partial charge is 0.254 e. The van der Waals surface area contributed by atoms with Gasteiger partial charge in [-0.1, -0.05) is 22.0 Å². The third-order valence-corrected chi connectivity index (χ3v) is 6.45. The van der Waals surface area contributed by atoms with E-state index >= 15 is 0 Å². The van der Waals surface area contributed by atoms with Crippen LogP contribution in [0.25, 0.3) is 0 Å². The van der Waals surface area contributed by atoms with E-state index in [9.17, 15) is 14.0 Å². The quantitative estimate of drug-likeness (QED) is 0.650. The van der Waals surface area contributed by atoms with Gasteiger partial charge in [-0.25, -0.2) is 4.39 Å². The molecular weight excluding hydrogens is 423 g/mol. The van der Waals surface area contributed by atoms with Gasteiger partial charge in [0.1, 0.15) is 5.82 Å². The van der Waals surface area contributed by atoms with Crippen LogP contribution in [-0.2, 0) is 6.54 Å². The molecule has 0 aromatic heterocycles. The zero-order valence-corrected chi connectivity index (χ0v) is 17.1. The normalized spacial score (nSPS) is 17.8. The summed E-state index contributed by atoms with van der Waals surface area (Å²) in [6, 6.07) is 11.5. The number of halogens is 2. The number of piperidine rings is 1. The lowest BCUT2D eigenvalue weighted by molar-refractivity contribution is 0.0707. The molecule has 0 saturated carbocycles. The summed E-state index contributed by atoms with van der Waals surface area (Å²) in [5.74, 6) is 0.260. The Morgan fingerprint density at radius 3 is 2.50 bits per heavy atom. The summed E-state index contributed by atoms with van der Waals surface area (Å²) in [7, 11) is 0. The lowest BCUT2D eigenvalue weighted by Gasteiger charge is -2.33. The maximum atomic E-state index is 13.0. The predicted octanol–water partition coefficient (Wildman–Crippen LogP) is 4.14. The van der Waals surface area contributed by atoms with Gasteiger partial charge in [0.15, 0.2) is 5.78 Å². The summed E-state index contributed by atoms with van der Waals surface area (Å²) in [6.07, 6.45) is 1.94. The molecule has 0 spiro atoms. The Morgan fingerprint density at radius 2 is 1.82 bits per heavy atom. The highest BCUT2D eigenvalue weighted by molar-refractivity contribution is 9.10. The van der Waals surface area contributed by atoms with E-state index in [2.05, 4.69) is 20.8 Å². The Morgan fingerprint density at radius 1 is 1.11 bits per heavy atom. The van der Waals surface area contributed by atoms with Gasteiger partial charge in [0.05, 0.1) is 6.54 Å². The summed E-state index contributed by atoms with van der Waals surface area (Å²) in [4.78, 5) is 29.1. The minimum absolute atomic E-state index is 0.0217. The van der Waals surface area contributed by atoms with Gasteiger partial charge in [-0.15, -0.1) is 0 Å². The van der Waals surface area contributed by atoms with Gasteiger partial charge in [0.25, 0.3) is 5.91 Å². The second kappa shape index (κ2) is 8.13. The van der Waals surface area contributed by atoms with E-state index in [-0.39, 0.29) is 17.5 Å². The number of hydrogen-bond acceptors (Lipinski definition) is 3. The van der Waals surface area contributed by atoms with E-state index in [4.69, 9.17) is 0 Å². The van der Waals surface area contributed by atoms with E-state index in [1.807, 2.05) is 23.1 Å². The fourth-order valence-corrected chi connectivity index (χ4v) is 4.56. The molecular formula is C22H22BrFN2O2. The van der Waals surface area contributed by atoms with Gasteiger partial charge >= 0.3 is 0 Å². The Balaban J connectivity index is 1.28. The summed E-state index contributed by atoms with van der Waals surface area (Å²) in [5.41, 5.74) is 2.43. The summed E-state index contributed by atoms with van der Waals surface area (Å²) >= 11 is 3.54. The number of ketones is 1. The molecule has 6 heteroatoms. The van der Waals surface area contributed by atoms with Gasteiger partial charge < -0.3 is 4.90 Å². The minimum atomic E-state index is -0.331. The largest absolute Gasteiger partial charge is 0.334 e. The Hall–Kier alpha value is -2.05. The molecule has 2 aliphatic heterocycles. The highest BCUT2D eigenvalue weighted by atomic mass is 79.9. The third-order valence-electron chi connectivity index (χ3n) is 5.70. The van der Waals surface area contributed by atoms with Crippen LogP contribution in [0.5, 0.6) is 0 Å². The molecule has 0 aliphatic carbocycles. The minimum Gasteiger partial charge on any atom is -0.334 e. The molecule has 0 N–H and O–H groups in total. The Bertz CT molecular complexity index is 892. The molecule has 1 saturated heterocycles. The molecule has 28 heavy (non-hydrogen) atoms. The van der Waals surface area contributed by atoms with Gasteiger partial charge in [-0.05, 0) is 73.8 Å². The van der Waals surface area contributed by atoms with Gasteiger partial charge in [0, 0.05) is 28.7 Å². The average molecular weight is 445 g/mol. The summed E-state index contributed by atoms with van der Waals surface area (Å²) < 4.78 is 14.0. The van der Waals surface area contributed by atoms with Crippen molar-refractivity contribution in [1.82, 2.24) is 9.80 Å². The lowest BCUT2D eigenvalue weighted by Crippen LogP contribution is -2.41. The molecule has 0 atom stereocenters. The van der Waals surface area contributed by atoms with Crippen molar-refractivity contribution in [3.8, 4) is 0 Å². The number of benzene rings is 2. The Kier molecular flexibility index (Phi) is 5.60. The lowest BCUT2D eigenvalue weighted by atomic mass is 9.95. The van der Waals surface area contributed by atoms with Gasteiger partial charge in [-0.2, -0.15) is 0 Å². The van der Waals surface area contributed by atoms with Gasteiger partial charge in [-0.3, -0.25) is 14.5 Å². The SMILES string of the molecule is O=C(CN1CCC(CN2Cc3c(Br)cccc3C2=O)CC1)c1ccc(F)cc1. The number of hydrogen-bond donors (Lipinski definition) is 0. The van der Waals surface area contributed by atoms with Crippen molar-refractivity contribution in [2.45, 2.75) is 19.4 Å². The van der Waals surface area contributed by atoms with Crippen LogP contribution < -0.4 is 0 Å². The van der Waals surface area contributed by atoms with Crippen LogP contribution in [0.15, 0.2) is 46.9 Å². The molecule has 2 aromatic rings. The van der Waals surface area contributed by atoms with Crippen LogP contribution >= 0.6 is 15.9 Å². The molecule has 1 fully saturated rings. The van der Waals surface area contributed by atoms with Crippen molar-refractivity contribution in [3.05, 3.63) is 69.4 Å². The van der Waals surface area contributed by atoms with Crippen LogP contribution in [0.2, 0.25) is 0 Å². The molecule has 1 amide bonds. The van der Waals surface area contributed by atoms with Crippen LogP contribution in [0.4, 0.5) is 4.39 Å². The summed E-state index contributed by atoms with van der Waals surface area (Å²) in [5, 5.41) is 0. The van der Waals surface area contributed by atoms with E-state index in [1.54, 1.807) is 12.1 Å². The van der Waals surface area contributed by atoms with E-state index in [0.29, 0.717) is 24.6 Å². The number of amides is 1. The first kappa shape index (κ1) is 19.3. The zero-order chi connectivity index (χ0) is 19.7. The van der Waals surface area contributed by atoms with Crippen molar-refractivity contribution >= 4 is 27.6 Å². The maximum Gasteiger partial charge on any atom is 0.254 e. The fourth-order valence-electron chi connectivity index (χ4n) is 4.07. The second-order valence-corrected chi connectivity index (χ2v) is 8.46. The summed E-state index contributed by atoms with van der Waals surface area (Å²) in [6.45, 7) is 3.48. The molecule has 2 heterocycles. The van der Waals surface area contributed by atoms with Crippen LogP contribution in [-0.4, -0.2) is 47.7 Å². The van der Waals surface area contributed by atoms with Crippen LogP contribution in [0, 0.1) is 11.7 Å². The fraction of sp³-hybridized carbons (Fsp3) is 0.364. The van der Waals surface area contributed by atoms with Crippen LogP contribution in [0.3, 0.4) is 0 Å². The molecule has 0 radical (unpaired) electrons. The predicted molar refractivity (Wildman–Crippen MR) is 109 cm³/mol. The first-order valence-corrected chi connectivity index (χ1v) is 10.4. The van der Waals surface area contributed by atoms with Gasteiger partial charge in [0.2, 0.25) is 0 Å². The highest BCUT2D eigenvalue weighted by Gasteiger charge is 2.31. The number of nitrogens with zero attached hydrogens (tertiary/aromatic N) is 2. The number of fused-ring (bicyclic) bond motifs is 1. The molecule has 2 aliphatic rings. The first-order chi connectivity index (χ1) is 13.5. The van der Waals surface area contributed by atoms with Crippen LogP contribution in [0.1, 0.15) is 39.1 Å². The molecule has 2 aromatic carbocycles. The van der Waals surface area contributed by atoms with Crippen molar-refractivity contribution in [2.24, 2.45) is 5.92 Å². The third kappa shape index (κ3) is 4.03. The molecule has 146 valence electrons. The first-order valence-electron chi connectivity index (χ1n) is 9.59. The zero-order valence-electron chi connectivity index (χ0n) is 15.5. The number of carbonyl (C=O) groups is 2. The standard InChI is InChI=1S/C22H22BrFN2O2/c23-20-3-1-2-18-19(20)13-26(22(18)28)12-15-8-10-25(11-9-15)14-21(27)16-4-6-17(24)7-5-16/h1-7,15H,8-14H2. The number of rotatable bonds is 5. The number of likely N-dealkylation sites (tertiary alicyclic amines) is 1. The van der Waals surface area contributed by atoms with Crippen molar-refractivity contribution < 1.29 is 14.0 Å². The monoisotopic (exact) mass is 444 g/mol. The Labute approximate surface area is 172 Å². The number of Topliss-reactive ketones (excluding diaryl/α,β-unsaturated/α-hetero) is 1. The second-order valence-electron chi connectivity index (χ2n) is 7.60. The average Bonchev–Trinajstić information content (AvgIpc) is 3.01. The highest BCUT2D eigenvalue weighted by Crippen LogP contribution is 2.31. The van der Waals surface area contributed by atoms with Crippen molar-refractivity contribution in [3.63, 3.8) is 0 Å². The van der Waals surface area contributed by atoms with Crippen molar-refractivity contribution in [2.75, 3.05) is 26.2 Å². The van der Waals surface area contributed by atoms with Crippen molar-refractivity contribution in [1.29, 1.82) is 0 Å². The topological polar surface area (TPSA) is 40.6 Å². The molecule has 0 bridgehead atoms. The van der Waals surface area contributed by atoms with E-state index in [0.717, 1.165) is 48.1 Å². The van der Waals surface area contributed by atoms with E-state index < -0.39 is 0 Å². The maximum absolute atomic E-state index is 13.0. The number of carbonyl (C=O) groups excluding carboxylic acids is 2. The molecule has 0 unspecified atom stereocenters. The molecule has 4 rings (SSSR count). The van der Waals surface area contributed by atoms with E-state index in [1.165, 1.54) is 12.1 Å².